The molecule has 6 heteroatoms. The molecule has 0 aliphatic rings. The second-order valence-corrected chi connectivity index (χ2v) is 8.37. The van der Waals surface area contributed by atoms with Gasteiger partial charge in [0.05, 0.1) is 10.6 Å². The van der Waals surface area contributed by atoms with Crippen LogP contribution in [-0.2, 0) is 10.0 Å². The summed E-state index contributed by atoms with van der Waals surface area (Å²) in [5.41, 5.74) is 6.09. The summed E-state index contributed by atoms with van der Waals surface area (Å²) in [6, 6.07) is 1.16. The fourth-order valence-electron chi connectivity index (χ4n) is 1.96. The molecule has 0 fully saturated rings. The van der Waals surface area contributed by atoms with Crippen LogP contribution < -0.4 is 10.5 Å². The summed E-state index contributed by atoms with van der Waals surface area (Å²) in [5, 5.41) is 0. The smallest absolute Gasteiger partial charge is 0.241 e. The van der Waals surface area contributed by atoms with Gasteiger partial charge < -0.3 is 5.73 Å². The SMILES string of the molecule is Cc1cc(F)c(N)c(C)c1S(=O)(=O)NCC(C)C(C)(C)C. The quantitative estimate of drug-likeness (QED) is 0.839. The molecule has 0 heterocycles. The van der Waals surface area contributed by atoms with Gasteiger partial charge in [0, 0.05) is 6.54 Å². The lowest BCUT2D eigenvalue weighted by Crippen LogP contribution is -2.34. The van der Waals surface area contributed by atoms with Crippen molar-refractivity contribution >= 4 is 15.7 Å². The number of nitrogens with one attached hydrogen (secondary N) is 1. The normalized spacial score (nSPS) is 14.2. The van der Waals surface area contributed by atoms with Crippen molar-refractivity contribution in [3.05, 3.63) is 23.0 Å². The summed E-state index contributed by atoms with van der Waals surface area (Å²) in [4.78, 5) is 0.0718. The number of nitrogen functional groups attached to an aromatic ring is 1. The van der Waals surface area contributed by atoms with Crippen LogP contribution in [0, 0.1) is 31.0 Å². The maximum absolute atomic E-state index is 13.5. The van der Waals surface area contributed by atoms with Gasteiger partial charge in [0.25, 0.3) is 0 Å². The molecular weight excluding hydrogens is 291 g/mol. The highest BCUT2D eigenvalue weighted by atomic mass is 32.2. The summed E-state index contributed by atoms with van der Waals surface area (Å²) in [6.07, 6.45) is 0. The number of hydrogen-bond donors (Lipinski definition) is 2. The van der Waals surface area contributed by atoms with Crippen molar-refractivity contribution in [3.63, 3.8) is 0 Å². The van der Waals surface area contributed by atoms with E-state index in [0.29, 0.717) is 12.1 Å². The van der Waals surface area contributed by atoms with Gasteiger partial charge >= 0.3 is 0 Å². The Kier molecular flexibility index (Phi) is 5.05. The predicted octanol–water partition coefficient (Wildman–Crippen LogP) is 2.99. The highest BCUT2D eigenvalue weighted by molar-refractivity contribution is 7.89. The number of aryl methyl sites for hydroxylation is 1. The molecular formula is C15H25FN2O2S. The third kappa shape index (κ3) is 3.95. The highest BCUT2D eigenvalue weighted by Crippen LogP contribution is 2.28. The van der Waals surface area contributed by atoms with E-state index in [0.717, 1.165) is 6.07 Å². The molecule has 3 N–H and O–H groups in total. The van der Waals surface area contributed by atoms with Crippen LogP contribution in [0.5, 0.6) is 0 Å². The molecule has 21 heavy (non-hydrogen) atoms. The van der Waals surface area contributed by atoms with Gasteiger partial charge in [-0.3, -0.25) is 0 Å². The molecule has 4 nitrogen and oxygen atoms in total. The first-order chi connectivity index (χ1) is 9.38. The van der Waals surface area contributed by atoms with Crippen LogP contribution in [0.1, 0.15) is 38.8 Å². The van der Waals surface area contributed by atoms with E-state index in [9.17, 15) is 12.8 Å². The fourth-order valence-corrected chi connectivity index (χ4v) is 3.57. The van der Waals surface area contributed by atoms with Crippen LogP contribution in [0.4, 0.5) is 10.1 Å². The van der Waals surface area contributed by atoms with Crippen molar-refractivity contribution in [2.75, 3.05) is 12.3 Å². The topological polar surface area (TPSA) is 72.2 Å². The third-order valence-electron chi connectivity index (χ3n) is 4.03. The van der Waals surface area contributed by atoms with Crippen molar-refractivity contribution in [3.8, 4) is 0 Å². The molecule has 1 aromatic rings. The van der Waals surface area contributed by atoms with Crippen LogP contribution in [0.3, 0.4) is 0 Å². The minimum atomic E-state index is -3.71. The van der Waals surface area contributed by atoms with Crippen LogP contribution >= 0.6 is 0 Å². The molecule has 1 unspecified atom stereocenters. The standard InChI is InChI=1S/C15H25FN2O2S/c1-9-7-12(16)13(17)11(3)14(9)21(19,20)18-8-10(2)15(4,5)6/h7,10,18H,8,17H2,1-6H3. The van der Waals surface area contributed by atoms with Crippen molar-refractivity contribution in [2.24, 2.45) is 11.3 Å². The first-order valence-electron chi connectivity index (χ1n) is 6.92. The van der Waals surface area contributed by atoms with Gasteiger partial charge in [0.1, 0.15) is 5.82 Å². The number of rotatable bonds is 4. The maximum Gasteiger partial charge on any atom is 0.241 e. The van der Waals surface area contributed by atoms with Gasteiger partial charge in [-0.1, -0.05) is 27.7 Å². The van der Waals surface area contributed by atoms with E-state index < -0.39 is 15.8 Å². The lowest BCUT2D eigenvalue weighted by Gasteiger charge is -2.27. The first kappa shape index (κ1) is 17.9. The third-order valence-corrected chi connectivity index (χ3v) is 5.74. The van der Waals surface area contributed by atoms with E-state index in [-0.39, 0.29) is 27.5 Å². The van der Waals surface area contributed by atoms with Crippen molar-refractivity contribution in [1.29, 1.82) is 0 Å². The van der Waals surface area contributed by atoms with Crippen molar-refractivity contribution < 1.29 is 12.8 Å². The van der Waals surface area contributed by atoms with Gasteiger partial charge in [0.15, 0.2) is 0 Å². The van der Waals surface area contributed by atoms with Crippen LogP contribution in [0.25, 0.3) is 0 Å². The Balaban J connectivity index is 3.13. The number of anilines is 1. The zero-order valence-corrected chi connectivity index (χ0v) is 14.4. The molecule has 1 atom stereocenters. The van der Waals surface area contributed by atoms with E-state index in [1.807, 2.05) is 6.92 Å². The minimum Gasteiger partial charge on any atom is -0.396 e. The Bertz CT molecular complexity index is 634. The molecule has 120 valence electrons. The highest BCUT2D eigenvalue weighted by Gasteiger charge is 2.26. The number of sulfonamides is 1. The Hall–Kier alpha value is -1.14. The lowest BCUT2D eigenvalue weighted by molar-refractivity contribution is 0.263. The summed E-state index contributed by atoms with van der Waals surface area (Å²) >= 11 is 0. The summed E-state index contributed by atoms with van der Waals surface area (Å²) in [5.74, 6) is -0.433. The maximum atomic E-state index is 13.5. The van der Waals surface area contributed by atoms with Crippen molar-refractivity contribution in [1.82, 2.24) is 4.72 Å². The van der Waals surface area contributed by atoms with Crippen LogP contribution in [0.15, 0.2) is 11.0 Å². The van der Waals surface area contributed by atoms with Gasteiger partial charge in [0.2, 0.25) is 10.0 Å². The average molecular weight is 316 g/mol. The second-order valence-electron chi connectivity index (χ2n) is 6.66. The Labute approximate surface area is 127 Å². The number of benzene rings is 1. The second kappa shape index (κ2) is 5.93. The zero-order valence-electron chi connectivity index (χ0n) is 13.5. The summed E-state index contributed by atoms with van der Waals surface area (Å²) < 4.78 is 41.1. The van der Waals surface area contributed by atoms with Gasteiger partial charge in [-0.25, -0.2) is 17.5 Å². The van der Waals surface area contributed by atoms with Gasteiger partial charge in [-0.2, -0.15) is 0 Å². The summed E-state index contributed by atoms with van der Waals surface area (Å²) in [6.45, 7) is 11.6. The first-order valence-corrected chi connectivity index (χ1v) is 8.41. The average Bonchev–Trinajstić information content (AvgIpc) is 2.31. The molecule has 0 radical (unpaired) electrons. The van der Waals surface area contributed by atoms with E-state index >= 15 is 0 Å². The van der Waals surface area contributed by atoms with Gasteiger partial charge in [-0.15, -0.1) is 0 Å². The minimum absolute atomic E-state index is 0.00552. The largest absolute Gasteiger partial charge is 0.396 e. The molecule has 1 aromatic carbocycles. The van der Waals surface area contributed by atoms with Gasteiger partial charge in [-0.05, 0) is 42.4 Å². The fraction of sp³-hybridized carbons (Fsp3) is 0.600. The molecule has 0 bridgehead atoms. The van der Waals surface area contributed by atoms with Crippen molar-refractivity contribution in [2.45, 2.75) is 46.4 Å². The molecule has 0 amide bonds. The predicted molar refractivity (Wildman–Crippen MR) is 84.1 cm³/mol. The molecule has 0 saturated carbocycles. The molecule has 0 aliphatic carbocycles. The van der Waals surface area contributed by atoms with E-state index in [2.05, 4.69) is 25.5 Å². The monoisotopic (exact) mass is 316 g/mol. The number of hydrogen-bond acceptors (Lipinski definition) is 3. The van der Waals surface area contributed by atoms with Crippen LogP contribution in [-0.4, -0.2) is 15.0 Å². The van der Waals surface area contributed by atoms with E-state index in [1.54, 1.807) is 6.92 Å². The Morgan fingerprint density at radius 3 is 2.33 bits per heavy atom. The molecule has 0 spiro atoms. The Morgan fingerprint density at radius 1 is 1.33 bits per heavy atom. The summed E-state index contributed by atoms with van der Waals surface area (Å²) in [7, 11) is -3.71. The number of nitrogens with two attached hydrogens (primary N) is 1. The molecule has 0 saturated heterocycles. The zero-order chi connectivity index (χ0) is 16.6. The Morgan fingerprint density at radius 2 is 1.86 bits per heavy atom. The van der Waals surface area contributed by atoms with E-state index in [4.69, 9.17) is 5.73 Å². The lowest BCUT2D eigenvalue weighted by atomic mass is 9.82. The van der Waals surface area contributed by atoms with E-state index in [1.165, 1.54) is 6.92 Å². The number of halogens is 1. The molecule has 1 rings (SSSR count). The molecule has 0 aliphatic heterocycles. The van der Waals surface area contributed by atoms with Crippen LogP contribution in [0.2, 0.25) is 0 Å². The molecule has 0 aromatic heterocycles.